The molecule has 6 aliphatic heterocycles. The number of carbonyl (C=O) groups is 12. The Balaban J connectivity index is 0.000000186. The van der Waals surface area contributed by atoms with E-state index in [4.69, 9.17) is 18.9 Å². The summed E-state index contributed by atoms with van der Waals surface area (Å²) in [5.74, 6) is -12.9. The zero-order valence-corrected chi connectivity index (χ0v) is 66.9. The minimum absolute atomic E-state index is 0.00995. The molecule has 6 fully saturated rings. The van der Waals surface area contributed by atoms with Crippen LogP contribution in [0.15, 0.2) is 164 Å². The third kappa shape index (κ3) is 22.5. The fourth-order valence-corrected chi connectivity index (χ4v) is 15.4. The van der Waals surface area contributed by atoms with Gasteiger partial charge in [-0.1, -0.05) is 162 Å². The molecule has 630 valence electrons. The Morgan fingerprint density at radius 3 is 1.06 bits per heavy atom. The van der Waals surface area contributed by atoms with Crippen molar-refractivity contribution in [2.75, 3.05) is 46.7 Å². The second-order valence-electron chi connectivity index (χ2n) is 31.7. The van der Waals surface area contributed by atoms with Crippen LogP contribution in [-0.4, -0.2) is 226 Å². The number of ketones is 3. The number of esters is 1. The van der Waals surface area contributed by atoms with E-state index >= 15 is 0 Å². The Kier molecular flexibility index (Phi) is 31.1. The van der Waals surface area contributed by atoms with E-state index in [-0.39, 0.29) is 115 Å². The highest BCUT2D eigenvalue weighted by Gasteiger charge is 2.48. The lowest BCUT2D eigenvalue weighted by Crippen LogP contribution is -2.60. The molecular weight excluding hydrogens is 1520 g/mol. The number of hydrogen-bond acceptors (Lipinski definition) is 22. The number of rotatable bonds is 15. The number of nitrogens with zero attached hydrogens (tertiary/aromatic N) is 1. The number of amides is 8. The minimum atomic E-state index is -1.35. The highest BCUT2D eigenvalue weighted by molar-refractivity contribution is 6.02. The Morgan fingerprint density at radius 2 is 0.712 bits per heavy atom. The van der Waals surface area contributed by atoms with Crippen LogP contribution in [0, 0.1) is 53.3 Å². The van der Waals surface area contributed by atoms with Crippen LogP contribution in [0.25, 0.3) is 0 Å². The molecule has 13 N–H and O–H groups in total. The first-order chi connectivity index (χ1) is 56.4. The van der Waals surface area contributed by atoms with Crippen LogP contribution in [0.2, 0.25) is 0 Å². The van der Waals surface area contributed by atoms with Gasteiger partial charge in [0.2, 0.25) is 29.5 Å². The van der Waals surface area contributed by atoms with Crippen LogP contribution in [-0.2, 0) is 81.4 Å². The molecule has 6 heterocycles. The maximum absolute atomic E-state index is 13.8. The van der Waals surface area contributed by atoms with Gasteiger partial charge in [-0.25, -0.2) is 0 Å². The molecule has 0 saturated carbocycles. The number of Topliss-reactive ketones (excluding diaryl/α,β-unsaturated/α-hetero) is 3. The molecule has 3 unspecified atom stereocenters. The van der Waals surface area contributed by atoms with Gasteiger partial charge in [0.05, 0.1) is 129 Å². The summed E-state index contributed by atoms with van der Waals surface area (Å²) in [6, 6.07) is 37.8. The highest BCUT2D eigenvalue weighted by atomic mass is 16.6. The molecule has 0 aromatic heterocycles. The van der Waals surface area contributed by atoms with Crippen molar-refractivity contribution in [2.24, 2.45) is 53.3 Å². The van der Waals surface area contributed by atoms with Crippen LogP contribution in [0.3, 0.4) is 0 Å². The predicted molar refractivity (Wildman–Crippen MR) is 427 cm³/mol. The summed E-state index contributed by atoms with van der Waals surface area (Å²) in [6.45, 7) is 11.4. The second kappa shape index (κ2) is 41.2. The first-order valence-electron chi connectivity index (χ1n) is 39.8. The summed E-state index contributed by atoms with van der Waals surface area (Å²) in [6.07, 6.45) is -4.66. The summed E-state index contributed by atoms with van der Waals surface area (Å²) in [5.41, 5.74) is 2.45. The lowest BCUT2D eigenvalue weighted by molar-refractivity contribution is -0.177. The van der Waals surface area contributed by atoms with E-state index in [1.54, 1.807) is 78.1 Å². The van der Waals surface area contributed by atoms with Gasteiger partial charge in [0, 0.05) is 38.1 Å². The number of aromatic hydroxyl groups is 3. The van der Waals surface area contributed by atoms with Crippen LogP contribution in [0.5, 0.6) is 17.2 Å². The Hall–Kier alpha value is -11.3. The molecule has 30 heteroatoms. The molecule has 6 saturated heterocycles. The lowest BCUT2D eigenvalue weighted by atomic mass is 9.84. The predicted octanol–water partition coefficient (Wildman–Crippen LogP) is 3.63. The van der Waals surface area contributed by atoms with Crippen LogP contribution < -0.4 is 37.2 Å². The van der Waals surface area contributed by atoms with Gasteiger partial charge in [-0.05, 0) is 97.0 Å². The van der Waals surface area contributed by atoms with Crippen molar-refractivity contribution in [1.82, 2.24) is 42.1 Å². The molecule has 12 rings (SSSR count). The van der Waals surface area contributed by atoms with Crippen LogP contribution in [0.1, 0.15) is 109 Å². The summed E-state index contributed by atoms with van der Waals surface area (Å²) in [4.78, 5) is 162. The van der Waals surface area contributed by atoms with Gasteiger partial charge in [0.1, 0.15) is 35.4 Å². The van der Waals surface area contributed by atoms with Gasteiger partial charge in [0.25, 0.3) is 17.7 Å². The average molecular weight is 1630 g/mol. The molecule has 6 aromatic rings. The van der Waals surface area contributed by atoms with Gasteiger partial charge in [-0.15, -0.1) is 0 Å². The first kappa shape index (κ1) is 89.1. The Labute approximate surface area is 683 Å². The SMILES string of the molecule is C[C@H]1CC(=O)C(C2COC2)N(C)C(=O)[C@H](C)[C@H](O)[C@H](Cc2ccccc2)NC(=O)[C@H]1NC(=O)c1ccccc1O.C[C@H]1CC(=O)C(C2COC2)NC(=O)[C@H](C)[C@H](O)[C@H](Cc2ccccc2)NC(=O)[C@H]1NC(=O)c1ccccc1O.C[C@H]1CC(=O)C(C2COC2)OC(=O)[C@H](C)[C@H](O)[C@H](Cc2ccccc2)NC(=O)[C@H]1NC(=O)c1ccccc1O. The number of hydrogen-bond donors (Lipinski definition) is 13. The molecule has 30 nitrogen and oxygen atoms in total. The summed E-state index contributed by atoms with van der Waals surface area (Å²) < 4.78 is 21.4. The summed E-state index contributed by atoms with van der Waals surface area (Å²) in [5, 5.41) is 83.8. The summed E-state index contributed by atoms with van der Waals surface area (Å²) in [7, 11) is 1.56. The number of aliphatic hydroxyl groups excluding tert-OH is 3. The van der Waals surface area contributed by atoms with E-state index in [1.165, 1.54) is 48.2 Å². The van der Waals surface area contributed by atoms with E-state index in [9.17, 15) is 88.2 Å². The van der Waals surface area contributed by atoms with Crippen molar-refractivity contribution in [3.8, 4) is 17.2 Å². The van der Waals surface area contributed by atoms with E-state index in [0.717, 1.165) is 16.7 Å². The molecule has 0 aliphatic carbocycles. The molecule has 0 radical (unpaired) electrons. The number of ether oxygens (including phenoxy) is 4. The third-order valence-corrected chi connectivity index (χ3v) is 22.9. The van der Waals surface area contributed by atoms with Gasteiger partial charge in [-0.3, -0.25) is 57.5 Å². The largest absolute Gasteiger partial charge is 0.507 e. The second-order valence-corrected chi connectivity index (χ2v) is 31.7. The van der Waals surface area contributed by atoms with Gasteiger partial charge in [0.15, 0.2) is 23.5 Å². The number of phenols is 3. The maximum atomic E-state index is 13.8. The van der Waals surface area contributed by atoms with Gasteiger partial charge >= 0.3 is 5.97 Å². The average Bonchev–Trinajstić information content (AvgIpc) is 0.488. The van der Waals surface area contributed by atoms with E-state index < -0.39 is 167 Å². The van der Waals surface area contributed by atoms with Crippen molar-refractivity contribution in [2.45, 2.75) is 153 Å². The maximum Gasteiger partial charge on any atom is 0.312 e. The van der Waals surface area contributed by atoms with Gasteiger partial charge in [-0.2, -0.15) is 0 Å². The molecule has 118 heavy (non-hydrogen) atoms. The van der Waals surface area contributed by atoms with Crippen LogP contribution in [0.4, 0.5) is 0 Å². The summed E-state index contributed by atoms with van der Waals surface area (Å²) >= 11 is 0. The quantitative estimate of drug-likeness (QED) is 0.0653. The highest BCUT2D eigenvalue weighted by Crippen LogP contribution is 2.32. The van der Waals surface area contributed by atoms with E-state index in [2.05, 4.69) is 37.2 Å². The van der Waals surface area contributed by atoms with Gasteiger partial charge < -0.3 is 91.7 Å². The molecule has 6 aliphatic rings. The molecule has 18 atom stereocenters. The number of para-hydroxylation sites is 3. The number of likely N-dealkylation sites (N-methyl/N-ethyl adjacent to an activating group) is 1. The van der Waals surface area contributed by atoms with Crippen molar-refractivity contribution >= 4 is 70.6 Å². The fraction of sp³-hybridized carbons (Fsp3) is 0.455. The molecule has 0 bridgehead atoms. The van der Waals surface area contributed by atoms with Crippen LogP contribution >= 0.6 is 0 Å². The number of benzene rings is 6. The Bertz CT molecular complexity index is 4340. The molecule has 6 aromatic carbocycles. The number of nitrogens with one attached hydrogen (secondary N) is 7. The van der Waals surface area contributed by atoms with Crippen molar-refractivity contribution in [3.05, 3.63) is 197 Å². The Morgan fingerprint density at radius 1 is 0.390 bits per heavy atom. The zero-order chi connectivity index (χ0) is 85.2. The molecular formula is C88H106N8O22. The lowest BCUT2D eigenvalue weighted by Gasteiger charge is -2.41. The standard InChI is InChI=1S/C30H37N3O7.C29H35N3O7.C29H34N2O8/c1-17-13-24(35)26(20-15-40-16-20)33(3)30(39)18(2)27(36)22(14-19-9-5-4-6-10-19)31-29(38)25(17)32-28(37)21-11-7-8-12-23(21)34;1-16-12-23(34)25(19-14-39-15-19)32-27(36)17(2)26(35)21(13-18-8-4-3-5-9-18)30-29(38)24(16)31-28(37)20-10-6-7-11-22(20)33;1-16-12-23(33)26(19-14-38-15-19)39-29(37)17(2)25(34)21(13-18-8-4-3-5-9-18)30-28(36)24(16)31-27(35)20-10-6-7-11-22(20)32/h4-12,17-18,20,22,25-27,34,36H,13-16H2,1-3H3,(H,31,38)(H,32,37);3-11,16-17,19,21,24-26,33,35H,12-15H2,1-2H3,(H,30,38)(H,31,37)(H,32,36);3-11,16-17,19,21,24-26,32,34H,12-15H2,1-2H3,(H,30,36)(H,31,35)/t17-,18+,22-,25-,26?,27-;16-,17+,21-,24-,25?,26-;16-,17+,21-,24-,25-,26?/m000/s1. The topological polar surface area (TPSA) is 451 Å². The van der Waals surface area contributed by atoms with Crippen molar-refractivity contribution in [3.63, 3.8) is 0 Å². The number of aliphatic hydroxyl groups is 3. The number of carbonyl (C=O) groups excluding carboxylic acids is 12. The third-order valence-electron chi connectivity index (χ3n) is 22.9. The van der Waals surface area contributed by atoms with E-state index in [0.29, 0.717) is 26.4 Å². The monoisotopic (exact) mass is 1630 g/mol. The normalized spacial score (nSPS) is 28.7. The van der Waals surface area contributed by atoms with E-state index in [1.807, 2.05) is 91.0 Å². The number of cyclic esters (lactones) is 1. The zero-order valence-electron chi connectivity index (χ0n) is 66.9. The number of phenolic OH excluding ortho intramolecular Hbond substituents is 3. The fourth-order valence-electron chi connectivity index (χ4n) is 15.4. The molecule has 8 amide bonds. The smallest absolute Gasteiger partial charge is 0.312 e. The molecule has 0 spiro atoms. The van der Waals surface area contributed by atoms with Crippen molar-refractivity contribution < 1.29 is 107 Å². The first-order valence-corrected chi connectivity index (χ1v) is 39.8. The minimum Gasteiger partial charge on any atom is -0.507 e. The van der Waals surface area contributed by atoms with Crippen molar-refractivity contribution in [1.29, 1.82) is 0 Å².